The van der Waals surface area contributed by atoms with Crippen LogP contribution in [0.15, 0.2) is 48.5 Å². The van der Waals surface area contributed by atoms with Crippen LogP contribution in [0.1, 0.15) is 40.2 Å². The fraction of sp³-hybridized carbons (Fsp3) is 0.333. The Bertz CT molecular complexity index is 805. The molecule has 0 aliphatic carbocycles. The Labute approximate surface area is 147 Å². The molecule has 1 unspecified atom stereocenters. The first-order valence-electron chi connectivity index (χ1n) is 8.89. The molecule has 0 spiro atoms. The van der Waals surface area contributed by atoms with Crippen LogP contribution in [0.2, 0.25) is 0 Å². The van der Waals surface area contributed by atoms with Crippen LogP contribution in [-0.4, -0.2) is 29.8 Å². The summed E-state index contributed by atoms with van der Waals surface area (Å²) >= 11 is 0. The molecule has 0 bridgehead atoms. The quantitative estimate of drug-likeness (QED) is 0.912. The van der Waals surface area contributed by atoms with Crippen LogP contribution in [0.25, 0.3) is 0 Å². The van der Waals surface area contributed by atoms with E-state index in [0.717, 1.165) is 35.2 Å². The lowest BCUT2D eigenvalue weighted by molar-refractivity contribution is -0.118. The first-order valence-corrected chi connectivity index (χ1v) is 8.89. The summed E-state index contributed by atoms with van der Waals surface area (Å²) in [4.78, 5) is 27.0. The molecule has 1 fully saturated rings. The molecule has 2 heterocycles. The van der Waals surface area contributed by atoms with Gasteiger partial charge in [-0.05, 0) is 49.4 Å². The van der Waals surface area contributed by atoms with E-state index in [9.17, 15) is 9.59 Å². The van der Waals surface area contributed by atoms with Gasteiger partial charge in [0.25, 0.3) is 5.91 Å². The number of likely N-dealkylation sites (tertiary alicyclic amines) is 1. The number of piperidine rings is 1. The Morgan fingerprint density at radius 3 is 2.44 bits per heavy atom. The van der Waals surface area contributed by atoms with E-state index in [0.29, 0.717) is 19.0 Å². The molecule has 2 aromatic rings. The predicted molar refractivity (Wildman–Crippen MR) is 97.6 cm³/mol. The zero-order valence-corrected chi connectivity index (χ0v) is 14.4. The van der Waals surface area contributed by atoms with E-state index in [2.05, 4.69) is 5.32 Å². The zero-order chi connectivity index (χ0) is 17.4. The number of para-hydroxylation sites is 1. The van der Waals surface area contributed by atoms with Gasteiger partial charge in [0.1, 0.15) is 0 Å². The van der Waals surface area contributed by atoms with Crippen molar-refractivity contribution in [2.45, 2.75) is 25.7 Å². The highest BCUT2D eigenvalue weighted by atomic mass is 16.2. The van der Waals surface area contributed by atoms with Crippen molar-refractivity contribution >= 4 is 17.5 Å². The largest absolute Gasteiger partial charge is 0.339 e. The fourth-order valence-electron chi connectivity index (χ4n) is 4.02. The Kier molecular flexibility index (Phi) is 4.04. The summed E-state index contributed by atoms with van der Waals surface area (Å²) in [7, 11) is 0. The summed E-state index contributed by atoms with van der Waals surface area (Å²) in [6.07, 6.45) is 1.73. The number of hydrogen-bond donors (Lipinski definition) is 1. The number of nitrogens with zero attached hydrogens (tertiary/aromatic N) is 1. The molecule has 2 aliphatic heterocycles. The highest BCUT2D eigenvalue weighted by Crippen LogP contribution is 2.41. The van der Waals surface area contributed by atoms with Crippen molar-refractivity contribution in [3.8, 4) is 0 Å². The average molecular weight is 334 g/mol. The second-order valence-electron chi connectivity index (χ2n) is 7.05. The maximum absolute atomic E-state index is 12.6. The molecule has 1 N–H and O–H groups in total. The molecule has 4 nitrogen and oxygen atoms in total. The van der Waals surface area contributed by atoms with Gasteiger partial charge in [-0.2, -0.15) is 0 Å². The van der Waals surface area contributed by atoms with Crippen LogP contribution in [0.4, 0.5) is 5.69 Å². The standard InChI is InChI=1S/C21H22N2O2/c1-14-6-8-16(9-7-14)21(25)23-12-10-15(11-13-23)19-17-4-2-3-5-18(17)22-20(19)24/h2-9,15,19H,10-13H2,1H3,(H,22,24). The van der Waals surface area contributed by atoms with Gasteiger partial charge in [0, 0.05) is 24.3 Å². The number of nitrogens with one attached hydrogen (secondary N) is 1. The van der Waals surface area contributed by atoms with Crippen LogP contribution in [0.5, 0.6) is 0 Å². The topological polar surface area (TPSA) is 49.4 Å². The number of fused-ring (bicyclic) bond motifs is 1. The third-order valence-electron chi connectivity index (χ3n) is 5.43. The maximum atomic E-state index is 12.6. The zero-order valence-electron chi connectivity index (χ0n) is 14.4. The van der Waals surface area contributed by atoms with Crippen LogP contribution in [-0.2, 0) is 4.79 Å². The Morgan fingerprint density at radius 2 is 1.72 bits per heavy atom. The number of anilines is 1. The van der Waals surface area contributed by atoms with E-state index in [-0.39, 0.29) is 17.7 Å². The Balaban J connectivity index is 1.44. The van der Waals surface area contributed by atoms with Gasteiger partial charge in [-0.15, -0.1) is 0 Å². The molecule has 25 heavy (non-hydrogen) atoms. The van der Waals surface area contributed by atoms with Crippen LogP contribution in [0, 0.1) is 12.8 Å². The maximum Gasteiger partial charge on any atom is 0.253 e. The molecule has 4 rings (SSSR count). The third-order valence-corrected chi connectivity index (χ3v) is 5.43. The van der Waals surface area contributed by atoms with Gasteiger partial charge in [0.2, 0.25) is 5.91 Å². The van der Waals surface area contributed by atoms with Crippen LogP contribution < -0.4 is 5.32 Å². The number of benzene rings is 2. The molecule has 0 saturated carbocycles. The number of amides is 2. The van der Waals surface area contributed by atoms with Gasteiger partial charge in [0.15, 0.2) is 0 Å². The Morgan fingerprint density at radius 1 is 1.04 bits per heavy atom. The van der Waals surface area contributed by atoms with Crippen molar-refractivity contribution < 1.29 is 9.59 Å². The minimum absolute atomic E-state index is 0.0761. The monoisotopic (exact) mass is 334 g/mol. The van der Waals surface area contributed by atoms with Gasteiger partial charge >= 0.3 is 0 Å². The lowest BCUT2D eigenvalue weighted by atomic mass is 9.80. The van der Waals surface area contributed by atoms with E-state index in [1.807, 2.05) is 60.4 Å². The highest BCUT2D eigenvalue weighted by Gasteiger charge is 2.38. The molecule has 4 heteroatoms. The smallest absolute Gasteiger partial charge is 0.253 e. The van der Waals surface area contributed by atoms with Crippen molar-refractivity contribution in [1.82, 2.24) is 4.90 Å². The van der Waals surface area contributed by atoms with Gasteiger partial charge in [-0.3, -0.25) is 9.59 Å². The van der Waals surface area contributed by atoms with E-state index in [1.54, 1.807) is 0 Å². The van der Waals surface area contributed by atoms with Crippen LogP contribution in [0.3, 0.4) is 0 Å². The fourth-order valence-corrected chi connectivity index (χ4v) is 4.02. The number of hydrogen-bond acceptors (Lipinski definition) is 2. The van der Waals surface area contributed by atoms with E-state index < -0.39 is 0 Å². The third kappa shape index (κ3) is 2.93. The summed E-state index contributed by atoms with van der Waals surface area (Å²) in [6, 6.07) is 15.7. The molecule has 1 saturated heterocycles. The lowest BCUT2D eigenvalue weighted by Crippen LogP contribution is -2.40. The molecule has 2 amide bonds. The molecule has 1 atom stereocenters. The summed E-state index contributed by atoms with van der Waals surface area (Å²) in [5, 5.41) is 2.99. The first kappa shape index (κ1) is 15.9. The minimum Gasteiger partial charge on any atom is -0.339 e. The summed E-state index contributed by atoms with van der Waals surface area (Å²) in [5.74, 6) is 0.415. The van der Waals surface area contributed by atoms with Gasteiger partial charge < -0.3 is 10.2 Å². The van der Waals surface area contributed by atoms with E-state index >= 15 is 0 Å². The average Bonchev–Trinajstić information content (AvgIpc) is 2.97. The highest BCUT2D eigenvalue weighted by molar-refractivity contribution is 6.03. The van der Waals surface area contributed by atoms with Gasteiger partial charge in [-0.1, -0.05) is 35.9 Å². The minimum atomic E-state index is -0.0761. The SMILES string of the molecule is Cc1ccc(C(=O)N2CCC(C3C(=O)Nc4ccccc43)CC2)cc1. The first-order chi connectivity index (χ1) is 12.1. The van der Waals surface area contributed by atoms with Crippen molar-refractivity contribution in [2.75, 3.05) is 18.4 Å². The van der Waals surface area contributed by atoms with E-state index in [4.69, 9.17) is 0 Å². The lowest BCUT2D eigenvalue weighted by Gasteiger charge is -2.34. The molecular formula is C21H22N2O2. The summed E-state index contributed by atoms with van der Waals surface area (Å²) < 4.78 is 0. The number of carbonyl (C=O) groups excluding carboxylic acids is 2. The van der Waals surface area contributed by atoms with Crippen molar-refractivity contribution in [1.29, 1.82) is 0 Å². The molecule has 2 aliphatic rings. The van der Waals surface area contributed by atoms with Crippen LogP contribution >= 0.6 is 0 Å². The molecular weight excluding hydrogens is 312 g/mol. The van der Waals surface area contributed by atoms with Crippen molar-refractivity contribution in [3.05, 3.63) is 65.2 Å². The van der Waals surface area contributed by atoms with Gasteiger partial charge in [-0.25, -0.2) is 0 Å². The normalized spacial score (nSPS) is 20.3. The summed E-state index contributed by atoms with van der Waals surface area (Å²) in [6.45, 7) is 3.44. The predicted octanol–water partition coefficient (Wildman–Crippen LogP) is 3.58. The number of aryl methyl sites for hydroxylation is 1. The van der Waals surface area contributed by atoms with Crippen molar-refractivity contribution in [2.24, 2.45) is 5.92 Å². The van der Waals surface area contributed by atoms with Gasteiger partial charge in [0.05, 0.1) is 5.92 Å². The van der Waals surface area contributed by atoms with E-state index in [1.165, 1.54) is 0 Å². The molecule has 0 aromatic heterocycles. The number of rotatable bonds is 2. The number of carbonyl (C=O) groups is 2. The van der Waals surface area contributed by atoms with Crippen molar-refractivity contribution in [3.63, 3.8) is 0 Å². The Hall–Kier alpha value is -2.62. The second kappa shape index (κ2) is 6.36. The summed E-state index contributed by atoms with van der Waals surface area (Å²) in [5.41, 5.74) is 3.95. The molecule has 0 radical (unpaired) electrons. The molecule has 2 aromatic carbocycles. The second-order valence-corrected chi connectivity index (χ2v) is 7.05. The molecule has 128 valence electrons.